The summed E-state index contributed by atoms with van der Waals surface area (Å²) in [5.74, 6) is -2.13. The van der Waals surface area contributed by atoms with Crippen molar-refractivity contribution in [2.24, 2.45) is 5.10 Å². The molecule has 1 aromatic rings. The van der Waals surface area contributed by atoms with Crippen molar-refractivity contribution in [3.63, 3.8) is 0 Å². The molecule has 1 atom stereocenters. The summed E-state index contributed by atoms with van der Waals surface area (Å²) >= 11 is 1.52. The van der Waals surface area contributed by atoms with E-state index in [4.69, 9.17) is 9.84 Å². The van der Waals surface area contributed by atoms with Gasteiger partial charge in [-0.25, -0.2) is 9.80 Å². The lowest BCUT2D eigenvalue weighted by Crippen LogP contribution is -2.59. The van der Waals surface area contributed by atoms with Crippen molar-refractivity contribution in [3.05, 3.63) is 29.8 Å². The lowest BCUT2D eigenvalue weighted by Gasteiger charge is -2.33. The van der Waals surface area contributed by atoms with Crippen molar-refractivity contribution in [3.8, 4) is 0 Å². The highest BCUT2D eigenvalue weighted by Gasteiger charge is 2.55. The number of hydrogen-bond donors (Lipinski definition) is 2. The third-order valence-electron chi connectivity index (χ3n) is 3.97. The van der Waals surface area contributed by atoms with Gasteiger partial charge in [-0.2, -0.15) is 10.2 Å². The molecule has 1 heterocycles. The number of nitrogens with zero attached hydrogens (tertiary/aromatic N) is 3. The predicted octanol–water partition coefficient (Wildman–Crippen LogP) is 2.42. The Labute approximate surface area is 166 Å². The van der Waals surface area contributed by atoms with Crippen LogP contribution in [0.1, 0.15) is 33.3 Å². The van der Waals surface area contributed by atoms with Crippen molar-refractivity contribution in [2.45, 2.75) is 43.7 Å². The van der Waals surface area contributed by atoms with Gasteiger partial charge < -0.3 is 9.84 Å². The third kappa shape index (κ3) is 4.28. The van der Waals surface area contributed by atoms with E-state index in [-0.39, 0.29) is 10.8 Å². The lowest BCUT2D eigenvalue weighted by atomic mass is 9.90. The van der Waals surface area contributed by atoms with Gasteiger partial charge in [-0.15, -0.1) is 11.8 Å². The molecule has 1 aliphatic heterocycles. The second kappa shape index (κ2) is 7.80. The Morgan fingerprint density at radius 3 is 2.32 bits per heavy atom. The molecule has 1 unspecified atom stereocenters. The van der Waals surface area contributed by atoms with E-state index in [1.165, 1.54) is 18.7 Å². The summed E-state index contributed by atoms with van der Waals surface area (Å²) in [7, 11) is 0. The minimum absolute atomic E-state index is 0.0414. The van der Waals surface area contributed by atoms with Crippen LogP contribution in [0.2, 0.25) is 0 Å². The Kier molecular flexibility index (Phi) is 6.05. The number of ether oxygens (including phenoxy) is 1. The second-order valence-corrected chi connectivity index (χ2v) is 8.18. The fourth-order valence-electron chi connectivity index (χ4n) is 2.62. The summed E-state index contributed by atoms with van der Waals surface area (Å²) < 4.78 is 5.15. The zero-order valence-electron chi connectivity index (χ0n) is 16.3. The minimum Gasteiger partial charge on any atom is -0.480 e. The van der Waals surface area contributed by atoms with Gasteiger partial charge in [0.15, 0.2) is 5.54 Å². The van der Waals surface area contributed by atoms with Gasteiger partial charge in [-0.3, -0.25) is 14.8 Å². The molecule has 9 nitrogen and oxygen atoms in total. The van der Waals surface area contributed by atoms with Crippen molar-refractivity contribution in [1.29, 1.82) is 0 Å². The molecule has 0 aliphatic carbocycles. The molecule has 2 rings (SSSR count). The number of hydrogen-bond acceptors (Lipinski definition) is 7. The maximum absolute atomic E-state index is 12.9. The van der Waals surface area contributed by atoms with Gasteiger partial charge in [-0.1, -0.05) is 12.1 Å². The molecule has 2 N–H and O–H groups in total. The average Bonchev–Trinajstić information content (AvgIpc) is 2.85. The first-order valence-corrected chi connectivity index (χ1v) is 9.62. The van der Waals surface area contributed by atoms with Gasteiger partial charge in [0.2, 0.25) is 0 Å². The number of carbonyl (C=O) groups is 3. The first kappa shape index (κ1) is 21.7. The van der Waals surface area contributed by atoms with Crippen molar-refractivity contribution >= 4 is 35.4 Å². The van der Waals surface area contributed by atoms with Crippen LogP contribution in [0.25, 0.3) is 0 Å². The Morgan fingerprint density at radius 1 is 1.29 bits per heavy atom. The van der Waals surface area contributed by atoms with Crippen LogP contribution in [0.4, 0.5) is 4.79 Å². The maximum atomic E-state index is 12.9. The van der Waals surface area contributed by atoms with Gasteiger partial charge >= 0.3 is 12.1 Å². The number of hydroxylamine groups is 2. The van der Waals surface area contributed by atoms with Crippen LogP contribution in [-0.2, 0) is 14.3 Å². The highest BCUT2D eigenvalue weighted by Crippen LogP contribution is 2.31. The highest BCUT2D eigenvalue weighted by molar-refractivity contribution is 7.98. The molecule has 1 aliphatic rings. The average molecular weight is 409 g/mol. The quantitative estimate of drug-likeness (QED) is 0.435. The number of carbonyl (C=O) groups excluding carboxylic acids is 2. The zero-order chi connectivity index (χ0) is 21.3. The number of thioether (sulfide) groups is 1. The SMILES string of the molecule is CSc1ccc(C2=NN(CC(=O)O)C(=O)C2(C)N(O)C(=O)OC(C)(C)C)cc1. The summed E-state index contributed by atoms with van der Waals surface area (Å²) in [5.41, 5.74) is -2.35. The monoisotopic (exact) mass is 409 g/mol. The number of amides is 2. The number of aliphatic carboxylic acids is 1. The second-order valence-electron chi connectivity index (χ2n) is 7.30. The van der Waals surface area contributed by atoms with Gasteiger partial charge in [0.05, 0.1) is 0 Å². The summed E-state index contributed by atoms with van der Waals surface area (Å²) in [4.78, 5) is 37.4. The first-order valence-electron chi connectivity index (χ1n) is 8.39. The van der Waals surface area contributed by atoms with Crippen molar-refractivity contribution in [1.82, 2.24) is 10.1 Å². The fourth-order valence-corrected chi connectivity index (χ4v) is 3.03. The van der Waals surface area contributed by atoms with E-state index in [2.05, 4.69) is 5.10 Å². The van der Waals surface area contributed by atoms with Gasteiger partial charge in [0, 0.05) is 10.5 Å². The normalized spacial score (nSPS) is 19.4. The van der Waals surface area contributed by atoms with E-state index >= 15 is 0 Å². The van der Waals surface area contributed by atoms with E-state index in [0.29, 0.717) is 10.6 Å². The largest absolute Gasteiger partial charge is 0.480 e. The molecule has 28 heavy (non-hydrogen) atoms. The molecule has 0 saturated carbocycles. The Balaban J connectivity index is 2.50. The van der Waals surface area contributed by atoms with Crippen molar-refractivity contribution < 1.29 is 29.4 Å². The summed E-state index contributed by atoms with van der Waals surface area (Å²) in [6.07, 6.45) is 0.761. The minimum atomic E-state index is -1.95. The molecular formula is C18H23N3O6S. The van der Waals surface area contributed by atoms with Crippen LogP contribution >= 0.6 is 11.8 Å². The molecule has 0 spiro atoms. The molecule has 0 bridgehead atoms. The standard InChI is InChI=1S/C18H23N3O6S/c1-17(2,3)27-16(25)21(26)18(4)14(11-6-8-12(28-5)9-7-11)19-20(15(18)24)10-13(22)23/h6-9,26H,10H2,1-5H3,(H,22,23). The van der Waals surface area contributed by atoms with Crippen LogP contribution in [0.3, 0.4) is 0 Å². The maximum Gasteiger partial charge on any atom is 0.435 e. The van der Waals surface area contributed by atoms with E-state index in [9.17, 15) is 19.6 Å². The Bertz CT molecular complexity index is 818. The Morgan fingerprint density at radius 2 is 1.86 bits per heavy atom. The van der Waals surface area contributed by atoms with Crippen LogP contribution in [0.5, 0.6) is 0 Å². The van der Waals surface area contributed by atoms with Crippen LogP contribution in [0.15, 0.2) is 34.3 Å². The van der Waals surface area contributed by atoms with Gasteiger partial charge in [-0.05, 0) is 46.1 Å². The summed E-state index contributed by atoms with van der Waals surface area (Å²) in [6, 6.07) is 6.96. The highest BCUT2D eigenvalue weighted by atomic mass is 32.2. The number of carboxylic acids is 1. The van der Waals surface area contributed by atoms with Gasteiger partial charge in [0.25, 0.3) is 5.91 Å². The number of rotatable bonds is 5. The number of benzene rings is 1. The van der Waals surface area contributed by atoms with Crippen LogP contribution < -0.4 is 0 Å². The lowest BCUT2D eigenvalue weighted by molar-refractivity contribution is -0.164. The third-order valence-corrected chi connectivity index (χ3v) is 4.71. The molecule has 0 aromatic heterocycles. The van der Waals surface area contributed by atoms with Crippen molar-refractivity contribution in [2.75, 3.05) is 12.8 Å². The number of carboxylic acid groups (broad SMARTS) is 1. The molecule has 152 valence electrons. The van der Waals surface area contributed by atoms with E-state index < -0.39 is 35.7 Å². The van der Waals surface area contributed by atoms with E-state index in [1.54, 1.807) is 45.0 Å². The fraction of sp³-hybridized carbons (Fsp3) is 0.444. The molecule has 2 amide bonds. The van der Waals surface area contributed by atoms with E-state index in [1.807, 2.05) is 6.26 Å². The summed E-state index contributed by atoms with van der Waals surface area (Å²) in [6.45, 7) is 5.44. The smallest absolute Gasteiger partial charge is 0.435 e. The molecular weight excluding hydrogens is 386 g/mol. The molecule has 0 radical (unpaired) electrons. The Hall–Kier alpha value is -2.59. The molecule has 10 heteroatoms. The van der Waals surface area contributed by atoms with Crippen LogP contribution in [-0.4, -0.2) is 68.0 Å². The number of hydrazone groups is 1. The predicted molar refractivity (Wildman–Crippen MR) is 102 cm³/mol. The molecule has 1 aromatic carbocycles. The molecule has 0 fully saturated rings. The zero-order valence-corrected chi connectivity index (χ0v) is 17.1. The molecule has 0 saturated heterocycles. The summed E-state index contributed by atoms with van der Waals surface area (Å²) in [5, 5.41) is 24.6. The topological polar surface area (TPSA) is 120 Å². The van der Waals surface area contributed by atoms with E-state index in [0.717, 1.165) is 4.90 Å². The van der Waals surface area contributed by atoms with Gasteiger partial charge in [0.1, 0.15) is 17.9 Å². The first-order chi connectivity index (χ1) is 12.9. The van der Waals surface area contributed by atoms with Crippen LogP contribution in [0, 0.1) is 0 Å².